The van der Waals surface area contributed by atoms with Gasteiger partial charge in [0.25, 0.3) is 0 Å². The summed E-state index contributed by atoms with van der Waals surface area (Å²) in [5.41, 5.74) is 0. The predicted octanol–water partition coefficient (Wildman–Crippen LogP) is 1.64. The Hall–Kier alpha value is -0.0400. The van der Waals surface area contributed by atoms with Crippen LogP contribution in [0.2, 0.25) is 0 Å². The minimum atomic E-state index is 1.01. The Bertz CT molecular complexity index is 125. The maximum atomic E-state index is 2.41. The molecule has 2 fully saturated rings. The second kappa shape index (κ2) is 2.23. The molecule has 0 aromatic carbocycles. The molecule has 2 rings (SSSR count). The maximum Gasteiger partial charge on any atom is 0.0814 e. The van der Waals surface area contributed by atoms with Crippen LogP contribution in [0.25, 0.3) is 0 Å². The van der Waals surface area contributed by atoms with Gasteiger partial charge in [-0.25, -0.2) is 0 Å². The number of rotatable bonds is 0. The number of quaternary nitrogens is 1. The predicted molar refractivity (Wildman–Crippen MR) is 42.7 cm³/mol. The fourth-order valence-electron chi connectivity index (χ4n) is 2.75. The van der Waals surface area contributed by atoms with Crippen LogP contribution in [-0.4, -0.2) is 30.7 Å². The van der Waals surface area contributed by atoms with Crippen molar-refractivity contribution in [2.75, 3.05) is 26.2 Å². The zero-order chi connectivity index (χ0) is 7.03. The molecule has 2 saturated heterocycles. The third kappa shape index (κ3) is 0.968. The molecule has 0 aromatic rings. The first-order chi connectivity index (χ1) is 4.81. The zero-order valence-corrected chi connectivity index (χ0v) is 6.97. The van der Waals surface area contributed by atoms with Gasteiger partial charge in [-0.3, -0.25) is 0 Å². The van der Waals surface area contributed by atoms with E-state index in [1.54, 1.807) is 0 Å². The molecule has 2 aliphatic heterocycles. The van der Waals surface area contributed by atoms with Gasteiger partial charge in [-0.1, -0.05) is 6.92 Å². The molecule has 0 amide bonds. The van der Waals surface area contributed by atoms with E-state index in [9.17, 15) is 0 Å². The summed E-state index contributed by atoms with van der Waals surface area (Å²) in [5, 5.41) is 0. The number of hydrogen-bond donors (Lipinski definition) is 0. The summed E-state index contributed by atoms with van der Waals surface area (Å²) in [6.07, 6.45) is 4.47. The molecule has 0 saturated carbocycles. The lowest BCUT2D eigenvalue weighted by molar-refractivity contribution is -0.906. The van der Waals surface area contributed by atoms with E-state index in [-0.39, 0.29) is 0 Å². The van der Waals surface area contributed by atoms with E-state index in [0.717, 1.165) is 5.92 Å². The first kappa shape index (κ1) is 6.66. The third-order valence-corrected chi connectivity index (χ3v) is 3.31. The van der Waals surface area contributed by atoms with Crippen molar-refractivity contribution in [3.8, 4) is 0 Å². The summed E-state index contributed by atoms with van der Waals surface area (Å²) in [6, 6.07) is 0. The van der Waals surface area contributed by atoms with Crippen molar-refractivity contribution < 1.29 is 4.48 Å². The molecule has 0 radical (unpaired) electrons. The van der Waals surface area contributed by atoms with E-state index in [2.05, 4.69) is 6.92 Å². The van der Waals surface area contributed by atoms with Gasteiger partial charge in [-0.15, -0.1) is 0 Å². The van der Waals surface area contributed by atoms with Crippen LogP contribution in [0, 0.1) is 5.92 Å². The maximum absolute atomic E-state index is 2.41. The van der Waals surface area contributed by atoms with Crippen molar-refractivity contribution >= 4 is 0 Å². The van der Waals surface area contributed by atoms with E-state index in [1.165, 1.54) is 49.9 Å². The molecule has 1 spiro atoms. The fourth-order valence-corrected chi connectivity index (χ4v) is 2.75. The first-order valence-corrected chi connectivity index (χ1v) is 4.66. The minimum absolute atomic E-state index is 1.01. The summed E-state index contributed by atoms with van der Waals surface area (Å²) in [4.78, 5) is 0. The normalized spacial score (nSPS) is 37.5. The molecule has 2 heterocycles. The van der Waals surface area contributed by atoms with E-state index in [0.29, 0.717) is 0 Å². The van der Waals surface area contributed by atoms with E-state index in [4.69, 9.17) is 0 Å². The smallest absolute Gasteiger partial charge is 0.0814 e. The average molecular weight is 140 g/mol. The molecule has 0 N–H and O–H groups in total. The molecular formula is C9H18N+. The molecule has 0 aliphatic carbocycles. The molecule has 1 atom stereocenters. The third-order valence-electron chi connectivity index (χ3n) is 3.31. The van der Waals surface area contributed by atoms with Crippen molar-refractivity contribution in [2.24, 2.45) is 5.92 Å². The molecule has 10 heavy (non-hydrogen) atoms. The standard InChI is InChI=1S/C9H18N/c1-9-4-7-10(8-9)5-2-3-6-10/h9H,2-8H2,1H3/q+1/t9-/m1/s1. The van der Waals surface area contributed by atoms with Gasteiger partial charge in [0, 0.05) is 25.2 Å². The van der Waals surface area contributed by atoms with Crippen LogP contribution in [0.5, 0.6) is 0 Å². The molecule has 2 aliphatic rings. The van der Waals surface area contributed by atoms with Gasteiger partial charge >= 0.3 is 0 Å². The van der Waals surface area contributed by atoms with Gasteiger partial charge in [0.15, 0.2) is 0 Å². The largest absolute Gasteiger partial charge is 0.323 e. The summed E-state index contributed by atoms with van der Waals surface area (Å²) < 4.78 is 1.49. The highest BCUT2D eigenvalue weighted by Gasteiger charge is 2.38. The molecule has 1 heteroatoms. The van der Waals surface area contributed by atoms with Gasteiger partial charge in [0.1, 0.15) is 0 Å². The average Bonchev–Trinajstić information content (AvgIpc) is 2.46. The topological polar surface area (TPSA) is 0 Å². The molecular weight excluding hydrogens is 122 g/mol. The van der Waals surface area contributed by atoms with Crippen molar-refractivity contribution in [3.05, 3.63) is 0 Å². The molecule has 58 valence electrons. The van der Waals surface area contributed by atoms with Crippen molar-refractivity contribution in [1.82, 2.24) is 0 Å². The minimum Gasteiger partial charge on any atom is -0.323 e. The van der Waals surface area contributed by atoms with Crippen LogP contribution in [0.1, 0.15) is 26.2 Å². The van der Waals surface area contributed by atoms with Crippen molar-refractivity contribution in [3.63, 3.8) is 0 Å². The lowest BCUT2D eigenvalue weighted by atomic mass is 10.2. The fraction of sp³-hybridized carbons (Fsp3) is 1.00. The van der Waals surface area contributed by atoms with Gasteiger partial charge < -0.3 is 4.48 Å². The highest BCUT2D eigenvalue weighted by atomic mass is 15.4. The number of nitrogens with zero attached hydrogens (tertiary/aromatic N) is 1. The van der Waals surface area contributed by atoms with Crippen LogP contribution in [0.3, 0.4) is 0 Å². The Labute approximate surface area is 63.6 Å². The number of hydrogen-bond acceptors (Lipinski definition) is 0. The molecule has 0 bridgehead atoms. The van der Waals surface area contributed by atoms with Crippen molar-refractivity contribution in [2.45, 2.75) is 26.2 Å². The lowest BCUT2D eigenvalue weighted by Crippen LogP contribution is -2.42. The highest BCUT2D eigenvalue weighted by Crippen LogP contribution is 2.29. The van der Waals surface area contributed by atoms with Gasteiger partial charge in [0.05, 0.1) is 26.2 Å². The monoisotopic (exact) mass is 140 g/mol. The summed E-state index contributed by atoms with van der Waals surface area (Å²) in [5.74, 6) is 1.01. The van der Waals surface area contributed by atoms with E-state index < -0.39 is 0 Å². The quantitative estimate of drug-likeness (QED) is 0.449. The second-order valence-electron chi connectivity index (χ2n) is 4.30. The Balaban J connectivity index is 2.03. The van der Waals surface area contributed by atoms with Gasteiger partial charge in [0.2, 0.25) is 0 Å². The summed E-state index contributed by atoms with van der Waals surface area (Å²) in [6.45, 7) is 8.36. The van der Waals surface area contributed by atoms with Crippen LogP contribution in [-0.2, 0) is 0 Å². The molecule has 0 unspecified atom stereocenters. The van der Waals surface area contributed by atoms with Crippen LogP contribution in [0.15, 0.2) is 0 Å². The van der Waals surface area contributed by atoms with Crippen LogP contribution in [0.4, 0.5) is 0 Å². The summed E-state index contributed by atoms with van der Waals surface area (Å²) >= 11 is 0. The second-order valence-corrected chi connectivity index (χ2v) is 4.30. The Morgan fingerprint density at radius 3 is 2.30 bits per heavy atom. The highest BCUT2D eigenvalue weighted by molar-refractivity contribution is 4.66. The summed E-state index contributed by atoms with van der Waals surface area (Å²) in [7, 11) is 0. The van der Waals surface area contributed by atoms with Crippen molar-refractivity contribution in [1.29, 1.82) is 0 Å². The van der Waals surface area contributed by atoms with Crippen LogP contribution >= 0.6 is 0 Å². The zero-order valence-electron chi connectivity index (χ0n) is 6.97. The molecule has 1 nitrogen and oxygen atoms in total. The Morgan fingerprint density at radius 1 is 1.10 bits per heavy atom. The Morgan fingerprint density at radius 2 is 1.80 bits per heavy atom. The van der Waals surface area contributed by atoms with E-state index >= 15 is 0 Å². The first-order valence-electron chi connectivity index (χ1n) is 4.66. The van der Waals surface area contributed by atoms with Gasteiger partial charge in [-0.2, -0.15) is 0 Å². The van der Waals surface area contributed by atoms with Gasteiger partial charge in [-0.05, 0) is 0 Å². The lowest BCUT2D eigenvalue weighted by Gasteiger charge is -2.28. The molecule has 0 aromatic heterocycles. The van der Waals surface area contributed by atoms with Crippen LogP contribution < -0.4 is 0 Å². The van der Waals surface area contributed by atoms with E-state index in [1.807, 2.05) is 0 Å². The SMILES string of the molecule is C[C@@H]1CC[N+]2(CCCC2)C1. The Kier molecular flexibility index (Phi) is 1.48.